The van der Waals surface area contributed by atoms with Crippen molar-refractivity contribution >= 4 is 11.6 Å². The van der Waals surface area contributed by atoms with E-state index in [1.54, 1.807) is 25.1 Å². The molecule has 4 nitrogen and oxygen atoms in total. The van der Waals surface area contributed by atoms with Crippen LogP contribution in [0.3, 0.4) is 0 Å². The molecule has 0 aliphatic heterocycles. The third kappa shape index (κ3) is 3.35. The van der Waals surface area contributed by atoms with E-state index in [2.05, 4.69) is 10.3 Å². The van der Waals surface area contributed by atoms with Gasteiger partial charge >= 0.3 is 0 Å². The van der Waals surface area contributed by atoms with Gasteiger partial charge in [-0.2, -0.15) is 0 Å². The van der Waals surface area contributed by atoms with Gasteiger partial charge in [-0.25, -0.2) is 4.39 Å². The third-order valence-corrected chi connectivity index (χ3v) is 2.59. The molecule has 0 radical (unpaired) electrons. The van der Waals surface area contributed by atoms with Gasteiger partial charge in [0.05, 0.1) is 5.69 Å². The largest absolute Gasteiger partial charge is 0.325 e. The maximum absolute atomic E-state index is 13.2. The molecule has 19 heavy (non-hydrogen) atoms. The van der Waals surface area contributed by atoms with E-state index in [1.165, 1.54) is 18.3 Å². The van der Waals surface area contributed by atoms with Crippen molar-refractivity contribution in [1.82, 2.24) is 4.98 Å². The highest BCUT2D eigenvalue weighted by molar-refractivity contribution is 6.04. The summed E-state index contributed by atoms with van der Waals surface area (Å²) >= 11 is 0. The number of nitrogens with one attached hydrogen (secondary N) is 1. The summed E-state index contributed by atoms with van der Waals surface area (Å²) in [5.41, 5.74) is 7.71. The van der Waals surface area contributed by atoms with Crippen LogP contribution in [0.25, 0.3) is 0 Å². The Bertz CT molecular complexity index is 593. The smallest absolute Gasteiger partial charge is 0.255 e. The van der Waals surface area contributed by atoms with Crippen LogP contribution < -0.4 is 11.1 Å². The number of nitrogens with zero attached hydrogens (tertiary/aromatic N) is 1. The minimum Gasteiger partial charge on any atom is -0.325 e. The second-order valence-electron chi connectivity index (χ2n) is 4.21. The first-order valence-corrected chi connectivity index (χ1v) is 5.82. The van der Waals surface area contributed by atoms with Gasteiger partial charge in [0.15, 0.2) is 0 Å². The molecule has 2 aromatic rings. The monoisotopic (exact) mass is 259 g/mol. The summed E-state index contributed by atoms with van der Waals surface area (Å²) in [5.74, 6) is -0.699. The standard InChI is InChI=1S/C14H14FN3O/c1-9-4-11(15)7-12(5-9)18-14(19)10-2-3-17-13(6-10)8-16/h2-7H,8,16H2,1H3,(H,18,19). The molecule has 0 atom stereocenters. The van der Waals surface area contributed by atoms with Crippen LogP contribution in [0.2, 0.25) is 0 Å². The zero-order chi connectivity index (χ0) is 13.8. The average Bonchev–Trinajstić information content (AvgIpc) is 2.37. The molecule has 0 fully saturated rings. The minimum absolute atomic E-state index is 0.264. The molecule has 1 aromatic carbocycles. The van der Waals surface area contributed by atoms with Crippen LogP contribution in [0.1, 0.15) is 21.6 Å². The van der Waals surface area contributed by atoms with E-state index in [0.29, 0.717) is 16.9 Å². The summed E-state index contributed by atoms with van der Waals surface area (Å²) in [4.78, 5) is 16.0. The van der Waals surface area contributed by atoms with Gasteiger partial charge in [-0.05, 0) is 42.8 Å². The SMILES string of the molecule is Cc1cc(F)cc(NC(=O)c2ccnc(CN)c2)c1. The molecule has 0 saturated carbocycles. The van der Waals surface area contributed by atoms with Crippen LogP contribution in [-0.2, 0) is 6.54 Å². The van der Waals surface area contributed by atoms with Crippen LogP contribution >= 0.6 is 0 Å². The molecule has 2 rings (SSSR count). The third-order valence-electron chi connectivity index (χ3n) is 2.59. The van der Waals surface area contributed by atoms with Gasteiger partial charge in [0.25, 0.3) is 5.91 Å². The van der Waals surface area contributed by atoms with Crippen LogP contribution in [-0.4, -0.2) is 10.9 Å². The number of halogens is 1. The van der Waals surface area contributed by atoms with Crippen molar-refractivity contribution in [3.8, 4) is 0 Å². The lowest BCUT2D eigenvalue weighted by atomic mass is 10.2. The number of amides is 1. The molecule has 1 heterocycles. The van der Waals surface area contributed by atoms with Gasteiger partial charge in [0.1, 0.15) is 5.82 Å². The van der Waals surface area contributed by atoms with Gasteiger partial charge < -0.3 is 11.1 Å². The molecular weight excluding hydrogens is 245 g/mol. The average molecular weight is 259 g/mol. The zero-order valence-corrected chi connectivity index (χ0v) is 10.5. The van der Waals surface area contributed by atoms with Gasteiger partial charge in [-0.15, -0.1) is 0 Å². The Morgan fingerprint density at radius 3 is 2.84 bits per heavy atom. The molecule has 1 amide bonds. The fourth-order valence-corrected chi connectivity index (χ4v) is 1.74. The quantitative estimate of drug-likeness (QED) is 0.888. The first-order chi connectivity index (χ1) is 9.08. The summed E-state index contributed by atoms with van der Waals surface area (Å²) in [6.45, 7) is 2.03. The Kier molecular flexibility index (Phi) is 3.87. The number of aryl methyl sites for hydroxylation is 1. The maximum Gasteiger partial charge on any atom is 0.255 e. The maximum atomic E-state index is 13.2. The highest BCUT2D eigenvalue weighted by Gasteiger charge is 2.08. The van der Waals surface area contributed by atoms with Crippen LogP contribution in [0.15, 0.2) is 36.5 Å². The number of pyridine rings is 1. The molecule has 5 heteroatoms. The Hall–Kier alpha value is -2.27. The second-order valence-corrected chi connectivity index (χ2v) is 4.21. The van der Waals surface area contributed by atoms with Crippen molar-refractivity contribution in [2.75, 3.05) is 5.32 Å². The highest BCUT2D eigenvalue weighted by atomic mass is 19.1. The fourth-order valence-electron chi connectivity index (χ4n) is 1.74. The molecular formula is C14H14FN3O. The zero-order valence-electron chi connectivity index (χ0n) is 10.5. The van der Waals surface area contributed by atoms with E-state index < -0.39 is 0 Å². The lowest BCUT2D eigenvalue weighted by molar-refractivity contribution is 0.102. The lowest BCUT2D eigenvalue weighted by Crippen LogP contribution is -2.13. The van der Waals surface area contributed by atoms with Crippen molar-refractivity contribution in [3.05, 3.63) is 59.2 Å². The fraction of sp³-hybridized carbons (Fsp3) is 0.143. The molecule has 0 saturated heterocycles. The van der Waals surface area contributed by atoms with Gasteiger partial charge in [-0.3, -0.25) is 9.78 Å². The summed E-state index contributed by atoms with van der Waals surface area (Å²) in [6.07, 6.45) is 1.52. The Balaban J connectivity index is 2.20. The number of benzene rings is 1. The minimum atomic E-state index is -0.382. The van der Waals surface area contributed by atoms with Crippen molar-refractivity contribution in [2.45, 2.75) is 13.5 Å². The van der Waals surface area contributed by atoms with Gasteiger partial charge in [0.2, 0.25) is 0 Å². The van der Waals surface area contributed by atoms with E-state index >= 15 is 0 Å². The number of hydrogen-bond acceptors (Lipinski definition) is 3. The highest BCUT2D eigenvalue weighted by Crippen LogP contribution is 2.14. The number of nitrogens with two attached hydrogens (primary N) is 1. The number of anilines is 1. The molecule has 98 valence electrons. The van der Waals surface area contributed by atoms with E-state index in [0.717, 1.165) is 5.56 Å². The van der Waals surface area contributed by atoms with Crippen molar-refractivity contribution in [1.29, 1.82) is 0 Å². The number of rotatable bonds is 3. The Morgan fingerprint density at radius 1 is 1.37 bits per heavy atom. The number of carbonyl (C=O) groups excluding carboxylic acids is 1. The summed E-state index contributed by atoms with van der Waals surface area (Å²) in [6, 6.07) is 7.57. The number of hydrogen-bond donors (Lipinski definition) is 2. The van der Waals surface area contributed by atoms with Crippen LogP contribution in [0.5, 0.6) is 0 Å². The Morgan fingerprint density at radius 2 is 2.16 bits per heavy atom. The van der Waals surface area contributed by atoms with Crippen molar-refractivity contribution in [2.24, 2.45) is 5.73 Å². The molecule has 0 aliphatic carbocycles. The summed E-state index contributed by atoms with van der Waals surface area (Å²) in [5, 5.41) is 2.64. The summed E-state index contributed by atoms with van der Waals surface area (Å²) in [7, 11) is 0. The normalized spacial score (nSPS) is 10.3. The van der Waals surface area contributed by atoms with E-state index in [4.69, 9.17) is 5.73 Å². The number of carbonyl (C=O) groups is 1. The topological polar surface area (TPSA) is 68.0 Å². The van der Waals surface area contributed by atoms with Crippen molar-refractivity contribution in [3.63, 3.8) is 0 Å². The predicted octanol–water partition coefficient (Wildman–Crippen LogP) is 2.24. The van der Waals surface area contributed by atoms with Crippen molar-refractivity contribution < 1.29 is 9.18 Å². The molecule has 1 aromatic heterocycles. The molecule has 3 N–H and O–H groups in total. The van der Waals surface area contributed by atoms with Crippen LogP contribution in [0, 0.1) is 12.7 Å². The molecule has 0 bridgehead atoms. The predicted molar refractivity (Wildman–Crippen MR) is 71.2 cm³/mol. The second kappa shape index (κ2) is 5.58. The molecule has 0 aliphatic rings. The van der Waals surface area contributed by atoms with Gasteiger partial charge in [0, 0.05) is 24.0 Å². The molecule has 0 unspecified atom stereocenters. The van der Waals surface area contributed by atoms with E-state index in [-0.39, 0.29) is 18.3 Å². The van der Waals surface area contributed by atoms with Crippen LogP contribution in [0.4, 0.5) is 10.1 Å². The van der Waals surface area contributed by atoms with E-state index in [9.17, 15) is 9.18 Å². The lowest BCUT2D eigenvalue weighted by Gasteiger charge is -2.07. The first-order valence-electron chi connectivity index (χ1n) is 5.82. The summed E-state index contributed by atoms with van der Waals surface area (Å²) < 4.78 is 13.2. The van der Waals surface area contributed by atoms with E-state index in [1.807, 2.05) is 0 Å². The Labute approximate surface area is 110 Å². The van der Waals surface area contributed by atoms with Gasteiger partial charge in [-0.1, -0.05) is 0 Å². The first kappa shape index (κ1) is 13.2. The molecule has 0 spiro atoms. The number of aromatic nitrogens is 1.